The molecule has 0 spiro atoms. The lowest BCUT2D eigenvalue weighted by Crippen LogP contribution is -2.55. The van der Waals surface area contributed by atoms with Crippen LogP contribution in [0.25, 0.3) is 0 Å². The van der Waals surface area contributed by atoms with Crippen molar-refractivity contribution >= 4 is 17.9 Å². The van der Waals surface area contributed by atoms with E-state index in [-0.39, 0.29) is 42.4 Å². The molecule has 0 N–H and O–H groups in total. The molecule has 3 aliphatic heterocycles. The number of likely N-dealkylation sites (tertiary alicyclic amines) is 1. The first-order valence-corrected chi connectivity index (χ1v) is 13.0. The van der Waals surface area contributed by atoms with Crippen LogP contribution in [0.1, 0.15) is 73.7 Å². The maximum Gasteiger partial charge on any atom is 0.340 e. The maximum absolute atomic E-state index is 13.5. The standard InChI is InChI=1S/C28H30N2O8/c1-5-34-26(31)16-9-17(14(3)29-13(16)2)27(32)37-22-8-15-6-7-30(4)24(15)23-18-10-20-21(36-12-35-20)11-19(18)28(33)38-25(22)23/h9-11,15,22-25H,5-8,12H2,1-4H3/t15-,22-,23-,24-,25-/m1/s1. The molecule has 38 heavy (non-hydrogen) atoms. The summed E-state index contributed by atoms with van der Waals surface area (Å²) in [6.07, 6.45) is 0.196. The molecule has 2 fully saturated rings. The second-order valence-corrected chi connectivity index (χ2v) is 10.4. The number of esters is 3. The third kappa shape index (κ3) is 3.89. The van der Waals surface area contributed by atoms with Crippen LogP contribution in [0.2, 0.25) is 0 Å². The average Bonchev–Trinajstić information content (AvgIpc) is 3.49. The molecule has 2 aromatic rings. The number of fused-ring (bicyclic) bond motifs is 6. The van der Waals surface area contributed by atoms with Gasteiger partial charge in [-0.25, -0.2) is 14.4 Å². The fourth-order valence-corrected chi connectivity index (χ4v) is 6.50. The largest absolute Gasteiger partial charge is 0.462 e. The maximum atomic E-state index is 13.5. The Morgan fingerprint density at radius 1 is 1.08 bits per heavy atom. The smallest absolute Gasteiger partial charge is 0.340 e. The van der Waals surface area contributed by atoms with Crippen LogP contribution < -0.4 is 9.47 Å². The Kier molecular flexibility index (Phi) is 6.02. The van der Waals surface area contributed by atoms with Gasteiger partial charge >= 0.3 is 17.9 Å². The summed E-state index contributed by atoms with van der Waals surface area (Å²) in [6, 6.07) is 5.17. The van der Waals surface area contributed by atoms with Gasteiger partial charge in [-0.2, -0.15) is 0 Å². The van der Waals surface area contributed by atoms with Crippen molar-refractivity contribution in [2.45, 2.75) is 57.8 Å². The molecule has 4 heterocycles. The number of hydrogen-bond donors (Lipinski definition) is 0. The number of aromatic nitrogens is 1. The van der Waals surface area contributed by atoms with E-state index < -0.39 is 30.1 Å². The first-order valence-electron chi connectivity index (χ1n) is 13.0. The zero-order valence-corrected chi connectivity index (χ0v) is 21.8. The Morgan fingerprint density at radius 2 is 1.79 bits per heavy atom. The zero-order chi connectivity index (χ0) is 26.7. The summed E-state index contributed by atoms with van der Waals surface area (Å²) in [4.78, 5) is 45.8. The molecule has 0 radical (unpaired) electrons. The fourth-order valence-electron chi connectivity index (χ4n) is 6.50. The second kappa shape index (κ2) is 9.27. The van der Waals surface area contributed by atoms with Gasteiger partial charge in [0.2, 0.25) is 6.79 Å². The van der Waals surface area contributed by atoms with Crippen molar-refractivity contribution < 1.29 is 38.1 Å². The highest BCUT2D eigenvalue weighted by Crippen LogP contribution is 2.51. The minimum Gasteiger partial charge on any atom is -0.462 e. The van der Waals surface area contributed by atoms with Crippen LogP contribution in [0.5, 0.6) is 11.5 Å². The molecule has 10 heteroatoms. The minimum absolute atomic E-state index is 0.102. The van der Waals surface area contributed by atoms with E-state index in [0.29, 0.717) is 34.9 Å². The number of carbonyl (C=O) groups excluding carboxylic acids is 3. The van der Waals surface area contributed by atoms with Crippen molar-refractivity contribution in [2.75, 3.05) is 27.0 Å². The molecule has 4 aliphatic rings. The van der Waals surface area contributed by atoms with Crippen LogP contribution in [0, 0.1) is 19.8 Å². The lowest BCUT2D eigenvalue weighted by Gasteiger charge is -2.48. The molecule has 200 valence electrons. The zero-order valence-electron chi connectivity index (χ0n) is 21.8. The van der Waals surface area contributed by atoms with Crippen molar-refractivity contribution in [1.29, 1.82) is 0 Å². The van der Waals surface area contributed by atoms with Crippen LogP contribution in [0.15, 0.2) is 18.2 Å². The molecule has 6 rings (SSSR count). The summed E-state index contributed by atoms with van der Waals surface area (Å²) in [7, 11) is 2.08. The minimum atomic E-state index is -0.663. The number of benzene rings is 1. The molecule has 10 nitrogen and oxygen atoms in total. The highest BCUT2D eigenvalue weighted by molar-refractivity contribution is 5.97. The summed E-state index contributed by atoms with van der Waals surface area (Å²) in [5.74, 6) is -0.456. The molecule has 1 aromatic carbocycles. The predicted molar refractivity (Wildman–Crippen MR) is 133 cm³/mol. The number of likely N-dealkylation sites (N-methyl/N-ethyl adjacent to an activating group) is 1. The molecule has 0 unspecified atom stereocenters. The number of ether oxygens (including phenoxy) is 5. The predicted octanol–water partition coefficient (Wildman–Crippen LogP) is 3.18. The number of hydrogen-bond acceptors (Lipinski definition) is 10. The highest BCUT2D eigenvalue weighted by Gasteiger charge is 2.55. The van der Waals surface area contributed by atoms with Gasteiger partial charge in [-0.1, -0.05) is 0 Å². The van der Waals surface area contributed by atoms with E-state index in [9.17, 15) is 14.4 Å². The molecule has 0 bridgehead atoms. The van der Waals surface area contributed by atoms with Crippen LogP contribution in [0.3, 0.4) is 0 Å². The monoisotopic (exact) mass is 522 g/mol. The Hall–Kier alpha value is -3.66. The number of aryl methyl sites for hydroxylation is 2. The molecular weight excluding hydrogens is 492 g/mol. The van der Waals surface area contributed by atoms with Crippen molar-refractivity contribution in [3.63, 3.8) is 0 Å². The van der Waals surface area contributed by atoms with Crippen LogP contribution >= 0.6 is 0 Å². The summed E-state index contributed by atoms with van der Waals surface area (Å²) in [5, 5.41) is 0. The number of carbonyl (C=O) groups is 3. The van der Waals surface area contributed by atoms with Gasteiger partial charge in [0.15, 0.2) is 11.5 Å². The van der Waals surface area contributed by atoms with E-state index in [2.05, 4.69) is 16.9 Å². The van der Waals surface area contributed by atoms with Gasteiger partial charge in [0.05, 0.1) is 34.7 Å². The summed E-state index contributed by atoms with van der Waals surface area (Å²) >= 11 is 0. The van der Waals surface area contributed by atoms with Gasteiger partial charge in [0.1, 0.15) is 12.2 Å². The lowest BCUT2D eigenvalue weighted by molar-refractivity contribution is -0.0866. The Balaban J connectivity index is 1.35. The van der Waals surface area contributed by atoms with Crippen molar-refractivity contribution in [3.8, 4) is 11.5 Å². The summed E-state index contributed by atoms with van der Waals surface area (Å²) in [5.41, 5.74) is 2.62. The number of pyridine rings is 1. The topological polar surface area (TPSA) is 113 Å². The van der Waals surface area contributed by atoms with Gasteiger partial charge in [0.25, 0.3) is 0 Å². The van der Waals surface area contributed by atoms with Crippen LogP contribution in [-0.2, 0) is 14.2 Å². The molecule has 1 saturated heterocycles. The van der Waals surface area contributed by atoms with E-state index in [1.54, 1.807) is 26.8 Å². The van der Waals surface area contributed by atoms with E-state index in [4.69, 9.17) is 23.7 Å². The summed E-state index contributed by atoms with van der Waals surface area (Å²) < 4.78 is 28.3. The molecule has 1 saturated carbocycles. The average molecular weight is 523 g/mol. The highest BCUT2D eigenvalue weighted by atomic mass is 16.7. The molecule has 5 atom stereocenters. The van der Waals surface area contributed by atoms with Gasteiger partial charge in [-0.3, -0.25) is 4.98 Å². The number of rotatable bonds is 4. The first-order chi connectivity index (χ1) is 18.3. The van der Waals surface area contributed by atoms with Gasteiger partial charge < -0.3 is 28.6 Å². The van der Waals surface area contributed by atoms with E-state index in [0.717, 1.165) is 18.5 Å². The molecule has 0 amide bonds. The van der Waals surface area contributed by atoms with E-state index in [1.165, 1.54) is 6.07 Å². The number of nitrogens with zero attached hydrogens (tertiary/aromatic N) is 2. The van der Waals surface area contributed by atoms with Crippen molar-refractivity contribution in [2.24, 2.45) is 5.92 Å². The molecule has 1 aromatic heterocycles. The van der Waals surface area contributed by atoms with Gasteiger partial charge in [-0.15, -0.1) is 0 Å². The Morgan fingerprint density at radius 3 is 2.53 bits per heavy atom. The normalized spacial score (nSPS) is 27.2. The fraction of sp³-hybridized carbons (Fsp3) is 0.500. The molecule has 1 aliphatic carbocycles. The van der Waals surface area contributed by atoms with Crippen molar-refractivity contribution in [3.05, 3.63) is 51.8 Å². The third-order valence-electron chi connectivity index (χ3n) is 8.21. The summed E-state index contributed by atoms with van der Waals surface area (Å²) in [6.45, 7) is 6.32. The SMILES string of the molecule is CCOC(=O)c1cc(C(=O)O[C@@H]2C[C@H]3CCN(C)[C@H]3[C@H]3c4cc5c(cc4C(=O)O[C@@H]32)OCO5)c(C)nc1C. The molecular formula is C28H30N2O8. The van der Waals surface area contributed by atoms with E-state index >= 15 is 0 Å². The second-order valence-electron chi connectivity index (χ2n) is 10.4. The third-order valence-corrected chi connectivity index (χ3v) is 8.21. The van der Waals surface area contributed by atoms with Crippen LogP contribution in [-0.4, -0.2) is 73.0 Å². The van der Waals surface area contributed by atoms with Crippen molar-refractivity contribution in [1.82, 2.24) is 9.88 Å². The van der Waals surface area contributed by atoms with Gasteiger partial charge in [0, 0.05) is 12.0 Å². The lowest BCUT2D eigenvalue weighted by atomic mass is 9.69. The first kappa shape index (κ1) is 24.7. The van der Waals surface area contributed by atoms with Crippen LogP contribution in [0.4, 0.5) is 0 Å². The Bertz CT molecular complexity index is 1340. The van der Waals surface area contributed by atoms with Gasteiger partial charge in [-0.05, 0) is 76.9 Å². The quantitative estimate of drug-likeness (QED) is 0.438. The Labute approximate surface area is 220 Å². The van der Waals surface area contributed by atoms with E-state index in [1.807, 2.05) is 6.07 Å².